The number of nitrogens with zero attached hydrogens (tertiary/aromatic N) is 1. The van der Waals surface area contributed by atoms with Gasteiger partial charge in [0.15, 0.2) is 0 Å². The van der Waals surface area contributed by atoms with Crippen molar-refractivity contribution in [3.8, 4) is 0 Å². The second-order valence-electron chi connectivity index (χ2n) is 7.49. The number of benzene rings is 2. The summed E-state index contributed by atoms with van der Waals surface area (Å²) >= 11 is 0. The van der Waals surface area contributed by atoms with Gasteiger partial charge in [0.1, 0.15) is 0 Å². The van der Waals surface area contributed by atoms with Crippen molar-refractivity contribution in [3.63, 3.8) is 0 Å². The Morgan fingerprint density at radius 1 is 1.19 bits per heavy atom. The van der Waals surface area contributed by atoms with Gasteiger partial charge >= 0.3 is 5.97 Å². The number of aromatic nitrogens is 1. The topological polar surface area (TPSA) is 56.3 Å². The van der Waals surface area contributed by atoms with E-state index in [1.54, 1.807) is 12.1 Å². The lowest BCUT2D eigenvalue weighted by atomic mass is 9.88. The number of hydrogen-bond donors (Lipinski definition) is 2. The van der Waals surface area contributed by atoms with Crippen LogP contribution in [-0.2, 0) is 13.0 Å². The van der Waals surface area contributed by atoms with Crippen molar-refractivity contribution in [3.05, 3.63) is 70.9 Å². The van der Waals surface area contributed by atoms with E-state index in [2.05, 4.69) is 41.2 Å². The molecule has 2 N–H and O–H groups in total. The van der Waals surface area contributed by atoms with E-state index in [0.717, 1.165) is 44.5 Å². The highest BCUT2D eigenvalue weighted by Gasteiger charge is 2.23. The van der Waals surface area contributed by atoms with Crippen LogP contribution in [0.5, 0.6) is 0 Å². The molecule has 27 heavy (non-hydrogen) atoms. The van der Waals surface area contributed by atoms with E-state index in [0.29, 0.717) is 11.5 Å². The Kier molecular flexibility index (Phi) is 4.99. The van der Waals surface area contributed by atoms with Gasteiger partial charge in [-0.2, -0.15) is 0 Å². The van der Waals surface area contributed by atoms with Gasteiger partial charge in [0.2, 0.25) is 0 Å². The predicted octanol–water partition coefficient (Wildman–Crippen LogP) is 4.81. The number of hydrogen-bond acceptors (Lipinski definition) is 2. The minimum atomic E-state index is -0.860. The molecule has 1 aromatic heterocycles. The van der Waals surface area contributed by atoms with Gasteiger partial charge in [-0.25, -0.2) is 4.79 Å². The van der Waals surface area contributed by atoms with Crippen LogP contribution in [0.3, 0.4) is 0 Å². The van der Waals surface area contributed by atoms with Crippen LogP contribution in [0.1, 0.15) is 52.7 Å². The number of aryl methyl sites for hydroxylation is 1. The normalized spacial score (nSPS) is 16.0. The maximum Gasteiger partial charge on any atom is 0.335 e. The number of likely N-dealkylation sites (tertiary alicyclic amines) is 1. The lowest BCUT2D eigenvalue weighted by Gasteiger charge is -2.32. The molecule has 140 valence electrons. The molecule has 0 amide bonds. The molecule has 0 atom stereocenters. The summed E-state index contributed by atoms with van der Waals surface area (Å²) in [6, 6.07) is 13.9. The van der Waals surface area contributed by atoms with Crippen LogP contribution in [0.4, 0.5) is 0 Å². The summed E-state index contributed by atoms with van der Waals surface area (Å²) in [5.41, 5.74) is 5.58. The number of fused-ring (bicyclic) bond motifs is 1. The van der Waals surface area contributed by atoms with Gasteiger partial charge in [-0.3, -0.25) is 4.90 Å². The fraction of sp³-hybridized carbons (Fsp3) is 0.348. The largest absolute Gasteiger partial charge is 0.478 e. The summed E-state index contributed by atoms with van der Waals surface area (Å²) < 4.78 is 0. The fourth-order valence-electron chi connectivity index (χ4n) is 4.33. The van der Waals surface area contributed by atoms with Crippen molar-refractivity contribution in [1.29, 1.82) is 0 Å². The quantitative estimate of drug-likeness (QED) is 0.685. The first-order valence-electron chi connectivity index (χ1n) is 9.79. The summed E-state index contributed by atoms with van der Waals surface area (Å²) in [5.74, 6) is -0.270. The molecule has 4 nitrogen and oxygen atoms in total. The van der Waals surface area contributed by atoms with E-state index in [1.807, 2.05) is 12.1 Å². The number of aromatic carboxylic acids is 1. The molecule has 4 heteroatoms. The van der Waals surface area contributed by atoms with Crippen molar-refractivity contribution < 1.29 is 9.90 Å². The third-order valence-electron chi connectivity index (χ3n) is 5.82. The Morgan fingerprint density at radius 3 is 2.70 bits per heavy atom. The smallest absolute Gasteiger partial charge is 0.335 e. The molecule has 0 unspecified atom stereocenters. The number of aromatic amines is 1. The number of carbonyl (C=O) groups is 1. The van der Waals surface area contributed by atoms with Crippen LogP contribution in [-0.4, -0.2) is 34.0 Å². The molecule has 1 aliphatic rings. The van der Waals surface area contributed by atoms with Gasteiger partial charge in [0.25, 0.3) is 0 Å². The Balaban J connectivity index is 1.44. The maximum atomic E-state index is 11.2. The number of para-hydroxylation sites is 1. The first kappa shape index (κ1) is 17.8. The zero-order valence-electron chi connectivity index (χ0n) is 15.7. The number of carboxylic acids is 1. The van der Waals surface area contributed by atoms with Gasteiger partial charge in [-0.05, 0) is 67.1 Å². The second-order valence-corrected chi connectivity index (χ2v) is 7.49. The average Bonchev–Trinajstić information content (AvgIpc) is 3.13. The molecule has 2 aromatic carbocycles. The monoisotopic (exact) mass is 362 g/mol. The van der Waals surface area contributed by atoms with E-state index in [4.69, 9.17) is 5.11 Å². The summed E-state index contributed by atoms with van der Waals surface area (Å²) in [6.45, 7) is 5.11. The maximum absolute atomic E-state index is 11.2. The van der Waals surface area contributed by atoms with Crippen molar-refractivity contribution in [2.45, 2.75) is 38.6 Å². The van der Waals surface area contributed by atoms with Crippen molar-refractivity contribution in [2.24, 2.45) is 0 Å². The number of nitrogens with one attached hydrogen (secondary N) is 1. The third kappa shape index (κ3) is 3.62. The molecule has 3 aromatic rings. The molecule has 0 aliphatic carbocycles. The summed E-state index contributed by atoms with van der Waals surface area (Å²) in [6.07, 6.45) is 5.54. The fourth-order valence-corrected chi connectivity index (χ4v) is 4.33. The Bertz CT molecular complexity index is 952. The highest BCUT2D eigenvalue weighted by molar-refractivity contribution is 5.88. The summed E-state index contributed by atoms with van der Waals surface area (Å²) in [7, 11) is 0. The molecule has 2 heterocycles. The van der Waals surface area contributed by atoms with Crippen LogP contribution in [0, 0.1) is 0 Å². The van der Waals surface area contributed by atoms with Crippen LogP contribution in [0.15, 0.2) is 48.7 Å². The van der Waals surface area contributed by atoms with Crippen molar-refractivity contribution >= 4 is 16.9 Å². The van der Waals surface area contributed by atoms with Gasteiger partial charge in [-0.1, -0.05) is 37.3 Å². The standard InChI is InChI=1S/C23H26N2O2/c1-2-17-6-4-8-20-21(14-24-22(17)20)18-9-11-25(12-10-18)15-16-5-3-7-19(13-16)23(26)27/h3-8,13-14,18,24H,2,9-12,15H2,1H3,(H,26,27). The zero-order valence-corrected chi connectivity index (χ0v) is 15.7. The van der Waals surface area contributed by atoms with Gasteiger partial charge < -0.3 is 10.1 Å². The van der Waals surface area contributed by atoms with Gasteiger partial charge in [-0.15, -0.1) is 0 Å². The summed E-state index contributed by atoms with van der Waals surface area (Å²) in [4.78, 5) is 17.1. The molecule has 4 rings (SSSR count). The molecule has 0 saturated carbocycles. The molecule has 1 fully saturated rings. The zero-order chi connectivity index (χ0) is 18.8. The minimum Gasteiger partial charge on any atom is -0.478 e. The number of H-pyrrole nitrogens is 1. The Hall–Kier alpha value is -2.59. The summed E-state index contributed by atoms with van der Waals surface area (Å²) in [5, 5.41) is 10.5. The first-order valence-corrected chi connectivity index (χ1v) is 9.79. The second kappa shape index (κ2) is 7.57. The number of rotatable bonds is 5. The molecule has 0 bridgehead atoms. The van der Waals surface area contributed by atoms with Crippen LogP contribution < -0.4 is 0 Å². The number of carboxylic acid groups (broad SMARTS) is 1. The van der Waals surface area contributed by atoms with E-state index in [-0.39, 0.29) is 0 Å². The van der Waals surface area contributed by atoms with Crippen LogP contribution >= 0.6 is 0 Å². The molecular weight excluding hydrogens is 336 g/mol. The lowest BCUT2D eigenvalue weighted by Crippen LogP contribution is -2.32. The molecule has 1 saturated heterocycles. The SMILES string of the molecule is CCc1cccc2c(C3CCN(Cc4cccc(C(=O)O)c4)CC3)c[nH]c12. The number of piperidine rings is 1. The molecule has 0 spiro atoms. The molecular formula is C23H26N2O2. The third-order valence-corrected chi connectivity index (χ3v) is 5.82. The van der Waals surface area contributed by atoms with E-state index in [9.17, 15) is 4.79 Å². The van der Waals surface area contributed by atoms with Gasteiger partial charge in [0, 0.05) is 23.6 Å². The lowest BCUT2D eigenvalue weighted by molar-refractivity contribution is 0.0696. The Morgan fingerprint density at radius 2 is 1.96 bits per heavy atom. The van der Waals surface area contributed by atoms with Crippen molar-refractivity contribution in [2.75, 3.05) is 13.1 Å². The van der Waals surface area contributed by atoms with E-state index < -0.39 is 5.97 Å². The Labute approximate surface area is 159 Å². The predicted molar refractivity (Wildman–Crippen MR) is 108 cm³/mol. The van der Waals surface area contributed by atoms with Crippen molar-refractivity contribution in [1.82, 2.24) is 9.88 Å². The first-order chi connectivity index (χ1) is 13.2. The molecule has 1 aliphatic heterocycles. The van der Waals surface area contributed by atoms with E-state index >= 15 is 0 Å². The highest BCUT2D eigenvalue weighted by Crippen LogP contribution is 2.34. The van der Waals surface area contributed by atoms with Gasteiger partial charge in [0.05, 0.1) is 5.56 Å². The van der Waals surface area contributed by atoms with Crippen LogP contribution in [0.2, 0.25) is 0 Å². The highest BCUT2D eigenvalue weighted by atomic mass is 16.4. The van der Waals surface area contributed by atoms with Crippen LogP contribution in [0.25, 0.3) is 10.9 Å². The average molecular weight is 362 g/mol. The molecule has 0 radical (unpaired) electrons. The minimum absolute atomic E-state index is 0.368. The van der Waals surface area contributed by atoms with E-state index in [1.165, 1.54) is 22.0 Å².